The van der Waals surface area contributed by atoms with Gasteiger partial charge in [-0.15, -0.1) is 0 Å². The summed E-state index contributed by atoms with van der Waals surface area (Å²) in [6.45, 7) is 0.340. The lowest BCUT2D eigenvalue weighted by Crippen LogP contribution is -2.52. The lowest BCUT2D eigenvalue weighted by molar-refractivity contribution is -0.128. The molecule has 0 aliphatic carbocycles. The van der Waals surface area contributed by atoms with Crippen LogP contribution in [-0.2, 0) is 14.8 Å². The third kappa shape index (κ3) is 3.71. The smallest absolute Gasteiger partial charge is 0.269 e. The van der Waals surface area contributed by atoms with Crippen molar-refractivity contribution in [2.45, 2.75) is 23.8 Å². The molecule has 0 spiro atoms. The predicted octanol–water partition coefficient (Wildman–Crippen LogP) is 0.485. The summed E-state index contributed by atoms with van der Waals surface area (Å²) in [4.78, 5) is 10.5. The molecule has 21 heavy (non-hydrogen) atoms. The van der Waals surface area contributed by atoms with E-state index < -0.39 is 44.2 Å². The maximum Gasteiger partial charge on any atom is 0.269 e. The normalized spacial score (nSPS) is 13.3. The molecule has 1 rings (SSSR count). The molecule has 114 valence electrons. The zero-order chi connectivity index (χ0) is 16.4. The van der Waals surface area contributed by atoms with E-state index in [9.17, 15) is 26.4 Å². The van der Waals surface area contributed by atoms with Gasteiger partial charge in [-0.25, -0.2) is 26.3 Å². The first-order valence-electron chi connectivity index (χ1n) is 5.39. The summed E-state index contributed by atoms with van der Waals surface area (Å²) in [7, 11) is -4.71. The molecule has 0 saturated carbocycles. The standard InChI is InChI=1S/C11H10F3N3O3S/c1-11(13,14)9(16)10(18)17-21(19,20)8-4-2-3-7(12)6(8)5-15/h2-4,9H,16H2,1H3,(H,17,18). The number of rotatable bonds is 4. The number of nitrogens with zero attached hydrogens (tertiary/aromatic N) is 1. The summed E-state index contributed by atoms with van der Waals surface area (Å²) in [6, 6.07) is 1.59. The zero-order valence-corrected chi connectivity index (χ0v) is 11.4. The van der Waals surface area contributed by atoms with Crippen LogP contribution >= 0.6 is 0 Å². The van der Waals surface area contributed by atoms with Gasteiger partial charge in [0.2, 0.25) is 0 Å². The van der Waals surface area contributed by atoms with Crippen LogP contribution in [0.2, 0.25) is 0 Å². The molecule has 0 aliphatic rings. The van der Waals surface area contributed by atoms with E-state index in [1.54, 1.807) is 0 Å². The van der Waals surface area contributed by atoms with Crippen LogP contribution in [0.1, 0.15) is 12.5 Å². The number of nitrogens with one attached hydrogen (secondary N) is 1. The molecular weight excluding hydrogens is 311 g/mol. The highest BCUT2D eigenvalue weighted by molar-refractivity contribution is 7.90. The number of nitriles is 1. The molecular formula is C11H10F3N3O3S. The van der Waals surface area contributed by atoms with E-state index in [4.69, 9.17) is 11.0 Å². The van der Waals surface area contributed by atoms with Crippen LogP contribution in [0.25, 0.3) is 0 Å². The molecule has 0 aromatic heterocycles. The van der Waals surface area contributed by atoms with Gasteiger partial charge in [0.15, 0.2) is 0 Å². The molecule has 3 N–H and O–H groups in total. The molecule has 1 amide bonds. The Kier molecular flexibility index (Phi) is 4.60. The van der Waals surface area contributed by atoms with Crippen molar-refractivity contribution >= 4 is 15.9 Å². The van der Waals surface area contributed by atoms with Gasteiger partial charge >= 0.3 is 0 Å². The minimum atomic E-state index is -4.71. The number of benzene rings is 1. The van der Waals surface area contributed by atoms with Gasteiger partial charge in [0.25, 0.3) is 21.9 Å². The highest BCUT2D eigenvalue weighted by Crippen LogP contribution is 2.19. The number of nitrogens with two attached hydrogens (primary N) is 1. The monoisotopic (exact) mass is 321 g/mol. The molecule has 0 saturated heterocycles. The van der Waals surface area contributed by atoms with E-state index in [-0.39, 0.29) is 0 Å². The van der Waals surface area contributed by atoms with Crippen molar-refractivity contribution in [2.24, 2.45) is 5.73 Å². The van der Waals surface area contributed by atoms with E-state index in [1.807, 2.05) is 0 Å². The van der Waals surface area contributed by atoms with Gasteiger partial charge in [-0.2, -0.15) is 5.26 Å². The van der Waals surface area contributed by atoms with E-state index in [0.717, 1.165) is 18.2 Å². The Morgan fingerprint density at radius 2 is 2.05 bits per heavy atom. The van der Waals surface area contributed by atoms with Crippen molar-refractivity contribution in [2.75, 3.05) is 0 Å². The first-order chi connectivity index (χ1) is 9.50. The molecule has 10 heteroatoms. The summed E-state index contributed by atoms with van der Waals surface area (Å²) in [5.41, 5.74) is 4.08. The number of alkyl halides is 2. The molecule has 1 atom stereocenters. The number of hydrogen-bond acceptors (Lipinski definition) is 5. The van der Waals surface area contributed by atoms with Crippen LogP contribution < -0.4 is 10.5 Å². The third-order valence-corrected chi connectivity index (χ3v) is 3.83. The molecule has 0 heterocycles. The van der Waals surface area contributed by atoms with Crippen LogP contribution in [0.5, 0.6) is 0 Å². The van der Waals surface area contributed by atoms with Crippen molar-refractivity contribution in [1.29, 1.82) is 5.26 Å². The van der Waals surface area contributed by atoms with Gasteiger partial charge in [0, 0.05) is 6.92 Å². The van der Waals surface area contributed by atoms with E-state index in [0.29, 0.717) is 6.92 Å². The Hall–Kier alpha value is -2.12. The largest absolute Gasteiger partial charge is 0.315 e. The predicted molar refractivity (Wildman–Crippen MR) is 65.0 cm³/mol. The Morgan fingerprint density at radius 1 is 1.48 bits per heavy atom. The Bertz CT molecular complexity index is 708. The zero-order valence-electron chi connectivity index (χ0n) is 10.6. The number of hydrogen-bond donors (Lipinski definition) is 2. The lowest BCUT2D eigenvalue weighted by atomic mass is 10.2. The quantitative estimate of drug-likeness (QED) is 0.837. The van der Waals surface area contributed by atoms with Crippen molar-refractivity contribution in [3.8, 4) is 6.07 Å². The summed E-state index contributed by atoms with van der Waals surface area (Å²) >= 11 is 0. The topological polar surface area (TPSA) is 113 Å². The second-order valence-electron chi connectivity index (χ2n) is 4.13. The van der Waals surface area contributed by atoms with Crippen molar-refractivity contribution in [1.82, 2.24) is 4.72 Å². The van der Waals surface area contributed by atoms with Gasteiger partial charge in [-0.05, 0) is 12.1 Å². The summed E-state index contributed by atoms with van der Waals surface area (Å²) < 4.78 is 64.0. The summed E-state index contributed by atoms with van der Waals surface area (Å²) in [5, 5.41) is 8.72. The summed E-state index contributed by atoms with van der Waals surface area (Å²) in [5.74, 6) is -6.45. The van der Waals surface area contributed by atoms with Crippen LogP contribution in [0, 0.1) is 17.1 Å². The SMILES string of the molecule is CC(F)(F)C(N)C(=O)NS(=O)(=O)c1cccc(F)c1C#N. The average molecular weight is 321 g/mol. The van der Waals surface area contributed by atoms with Crippen LogP contribution in [0.4, 0.5) is 13.2 Å². The average Bonchev–Trinajstić information content (AvgIpc) is 2.35. The van der Waals surface area contributed by atoms with Gasteiger partial charge in [0.05, 0.1) is 0 Å². The van der Waals surface area contributed by atoms with Crippen molar-refractivity contribution < 1.29 is 26.4 Å². The maximum absolute atomic E-state index is 13.3. The second-order valence-corrected chi connectivity index (χ2v) is 5.78. The first-order valence-corrected chi connectivity index (χ1v) is 6.87. The first kappa shape index (κ1) is 16.9. The molecule has 0 aliphatic heterocycles. The fraction of sp³-hybridized carbons (Fsp3) is 0.273. The molecule has 6 nitrogen and oxygen atoms in total. The highest BCUT2D eigenvalue weighted by atomic mass is 32.2. The Labute approximate surface area is 118 Å². The third-order valence-electron chi connectivity index (χ3n) is 2.44. The Balaban J connectivity index is 3.18. The maximum atomic E-state index is 13.3. The van der Waals surface area contributed by atoms with Crippen molar-refractivity contribution in [3.63, 3.8) is 0 Å². The number of amides is 1. The molecule has 1 aromatic rings. The number of sulfonamides is 1. The number of carbonyl (C=O) groups excluding carboxylic acids is 1. The second kappa shape index (κ2) is 5.71. The minimum Gasteiger partial charge on any atom is -0.315 e. The Morgan fingerprint density at radius 3 is 2.52 bits per heavy atom. The lowest BCUT2D eigenvalue weighted by Gasteiger charge is -2.18. The highest BCUT2D eigenvalue weighted by Gasteiger charge is 2.38. The number of carbonyl (C=O) groups is 1. The molecule has 1 unspecified atom stereocenters. The molecule has 0 radical (unpaired) electrons. The van der Waals surface area contributed by atoms with Gasteiger partial charge < -0.3 is 5.73 Å². The van der Waals surface area contributed by atoms with E-state index in [2.05, 4.69) is 0 Å². The molecule has 1 aromatic carbocycles. The fourth-order valence-corrected chi connectivity index (χ4v) is 2.49. The summed E-state index contributed by atoms with van der Waals surface area (Å²) in [6.07, 6.45) is 0. The minimum absolute atomic E-state index is 0.340. The van der Waals surface area contributed by atoms with Gasteiger partial charge in [-0.3, -0.25) is 4.79 Å². The van der Waals surface area contributed by atoms with E-state index in [1.165, 1.54) is 10.8 Å². The van der Waals surface area contributed by atoms with Crippen molar-refractivity contribution in [3.05, 3.63) is 29.6 Å². The van der Waals surface area contributed by atoms with Gasteiger partial charge in [0.1, 0.15) is 28.4 Å². The fourth-order valence-electron chi connectivity index (χ4n) is 1.32. The van der Waals surface area contributed by atoms with Gasteiger partial charge in [-0.1, -0.05) is 6.07 Å². The van der Waals surface area contributed by atoms with E-state index >= 15 is 0 Å². The van der Waals surface area contributed by atoms with Crippen LogP contribution in [0.15, 0.2) is 23.1 Å². The van der Waals surface area contributed by atoms with Crippen LogP contribution in [-0.4, -0.2) is 26.3 Å². The molecule has 0 bridgehead atoms. The van der Waals surface area contributed by atoms with Crippen LogP contribution in [0.3, 0.4) is 0 Å². The number of halogens is 3. The molecule has 0 fully saturated rings.